The highest BCUT2D eigenvalue weighted by Gasteiger charge is 2.30. The number of likely N-dealkylation sites (tertiary alicyclic amines) is 2. The average molecular weight is 540 g/mol. The molecule has 2 aromatic rings. The van der Waals surface area contributed by atoms with Gasteiger partial charge in [-0.25, -0.2) is 8.78 Å². The fraction of sp³-hybridized carbons (Fsp3) is 0.548. The van der Waals surface area contributed by atoms with Crippen LogP contribution in [0.1, 0.15) is 68.3 Å². The molecule has 1 amide bonds. The second-order valence-electron chi connectivity index (χ2n) is 10.9. The molecule has 2 aliphatic rings. The SMILES string of the molecule is CCC(F)(CC)CN1CCC(COc2ccc(-c3ccc(C(=O)N4CCC[C@@H](O)C4)cc3)c(F)c2C#N)CC1. The van der Waals surface area contributed by atoms with Crippen LogP contribution in [0, 0.1) is 23.1 Å². The molecule has 2 aliphatic heterocycles. The largest absolute Gasteiger partial charge is 0.492 e. The number of hydrogen-bond acceptors (Lipinski definition) is 5. The number of piperidine rings is 2. The smallest absolute Gasteiger partial charge is 0.253 e. The van der Waals surface area contributed by atoms with Gasteiger partial charge in [-0.15, -0.1) is 0 Å². The van der Waals surface area contributed by atoms with Gasteiger partial charge in [-0.05, 0) is 87.4 Å². The van der Waals surface area contributed by atoms with Gasteiger partial charge in [0.1, 0.15) is 23.1 Å². The van der Waals surface area contributed by atoms with E-state index in [4.69, 9.17) is 4.74 Å². The molecule has 0 bridgehead atoms. The number of nitrogens with zero attached hydrogens (tertiary/aromatic N) is 3. The summed E-state index contributed by atoms with van der Waals surface area (Å²) in [7, 11) is 0. The van der Waals surface area contributed by atoms with Crippen LogP contribution in [0.25, 0.3) is 11.1 Å². The lowest BCUT2D eigenvalue weighted by Gasteiger charge is -2.36. The lowest BCUT2D eigenvalue weighted by molar-refractivity contribution is 0.0474. The standard InChI is InChI=1S/C31H39F2N3O3/c1-3-31(33,4-2)21-35-16-13-22(14-17-35)20-39-28-12-11-26(29(32)27(28)18-34)23-7-9-24(10-8-23)30(38)36-15-5-6-25(37)19-36/h7-12,22,25,37H,3-6,13-17,19-21H2,1-2H3/t25-/m1/s1. The summed E-state index contributed by atoms with van der Waals surface area (Å²) < 4.78 is 36.1. The Morgan fingerprint density at radius 2 is 1.79 bits per heavy atom. The summed E-state index contributed by atoms with van der Waals surface area (Å²) in [4.78, 5) is 16.6. The Morgan fingerprint density at radius 3 is 2.41 bits per heavy atom. The van der Waals surface area contributed by atoms with Gasteiger partial charge in [0, 0.05) is 30.8 Å². The first-order valence-electron chi connectivity index (χ1n) is 14.1. The number of nitriles is 1. The van der Waals surface area contributed by atoms with Gasteiger partial charge < -0.3 is 19.6 Å². The van der Waals surface area contributed by atoms with Crippen LogP contribution in [-0.4, -0.2) is 71.9 Å². The fourth-order valence-electron chi connectivity index (χ4n) is 5.51. The molecule has 8 heteroatoms. The number of β-amino-alcohol motifs (C(OH)–C–C–N with tert-alkyl or cyclic N) is 1. The molecule has 1 N–H and O–H groups in total. The molecule has 210 valence electrons. The van der Waals surface area contributed by atoms with Gasteiger partial charge in [-0.1, -0.05) is 26.0 Å². The molecular formula is C31H39F2N3O3. The number of rotatable bonds is 9. The van der Waals surface area contributed by atoms with Crippen molar-refractivity contribution >= 4 is 5.91 Å². The van der Waals surface area contributed by atoms with Crippen LogP contribution in [0.15, 0.2) is 36.4 Å². The topological polar surface area (TPSA) is 76.8 Å². The van der Waals surface area contributed by atoms with Crippen LogP contribution in [0.5, 0.6) is 5.75 Å². The first kappa shape index (κ1) is 29.0. The van der Waals surface area contributed by atoms with E-state index in [2.05, 4.69) is 4.90 Å². The van der Waals surface area contributed by atoms with Crippen molar-refractivity contribution in [2.75, 3.05) is 39.3 Å². The highest BCUT2D eigenvalue weighted by molar-refractivity contribution is 5.94. The van der Waals surface area contributed by atoms with Gasteiger partial charge in [0.2, 0.25) is 0 Å². The number of carbonyl (C=O) groups excluding carboxylic acids is 1. The number of halogens is 2. The molecule has 0 aromatic heterocycles. The normalized spacial score (nSPS) is 19.1. The molecule has 0 spiro atoms. The number of hydrogen-bond donors (Lipinski definition) is 1. The van der Waals surface area contributed by atoms with Crippen LogP contribution in [-0.2, 0) is 0 Å². The highest BCUT2D eigenvalue weighted by Crippen LogP contribution is 2.32. The van der Waals surface area contributed by atoms with E-state index in [0.717, 1.165) is 32.4 Å². The van der Waals surface area contributed by atoms with Crippen molar-refractivity contribution in [3.05, 3.63) is 53.3 Å². The maximum absolute atomic E-state index is 15.4. The van der Waals surface area contributed by atoms with E-state index in [1.165, 1.54) is 0 Å². The van der Waals surface area contributed by atoms with Crippen molar-refractivity contribution in [2.24, 2.45) is 5.92 Å². The third kappa shape index (κ3) is 6.95. The van der Waals surface area contributed by atoms with Crippen LogP contribution in [0.4, 0.5) is 8.78 Å². The van der Waals surface area contributed by atoms with Crippen molar-refractivity contribution in [3.8, 4) is 22.9 Å². The van der Waals surface area contributed by atoms with Gasteiger partial charge >= 0.3 is 0 Å². The second-order valence-corrected chi connectivity index (χ2v) is 10.9. The van der Waals surface area contributed by atoms with E-state index in [1.54, 1.807) is 41.3 Å². The summed E-state index contributed by atoms with van der Waals surface area (Å²) in [6, 6.07) is 11.8. The third-order valence-electron chi connectivity index (χ3n) is 8.30. The predicted octanol–water partition coefficient (Wildman–Crippen LogP) is 5.58. The van der Waals surface area contributed by atoms with E-state index in [1.807, 2.05) is 19.9 Å². The fourth-order valence-corrected chi connectivity index (χ4v) is 5.51. The van der Waals surface area contributed by atoms with Crippen molar-refractivity contribution in [2.45, 2.75) is 64.1 Å². The molecule has 0 aliphatic carbocycles. The number of alkyl halides is 1. The molecule has 39 heavy (non-hydrogen) atoms. The number of aliphatic hydroxyl groups excluding tert-OH is 1. The summed E-state index contributed by atoms with van der Waals surface area (Å²) in [5.74, 6) is -0.329. The van der Waals surface area contributed by atoms with Crippen LogP contribution in [0.2, 0.25) is 0 Å². The molecular weight excluding hydrogens is 500 g/mol. The molecule has 1 atom stereocenters. The van der Waals surface area contributed by atoms with Gasteiger partial charge in [0.25, 0.3) is 5.91 Å². The minimum Gasteiger partial charge on any atom is -0.492 e. The van der Waals surface area contributed by atoms with Crippen LogP contribution < -0.4 is 4.74 Å². The third-order valence-corrected chi connectivity index (χ3v) is 8.30. The lowest BCUT2D eigenvalue weighted by Crippen LogP contribution is -2.44. The Kier molecular flexibility index (Phi) is 9.58. The summed E-state index contributed by atoms with van der Waals surface area (Å²) >= 11 is 0. The number of ether oxygens (including phenoxy) is 1. The molecule has 0 saturated carbocycles. The summed E-state index contributed by atoms with van der Waals surface area (Å²) in [6.07, 6.45) is 3.71. The molecule has 0 unspecified atom stereocenters. The van der Waals surface area contributed by atoms with E-state index >= 15 is 4.39 Å². The number of amides is 1. The Hall–Kier alpha value is -3.02. The van der Waals surface area contributed by atoms with Crippen molar-refractivity contribution in [1.29, 1.82) is 5.26 Å². The van der Waals surface area contributed by atoms with E-state index < -0.39 is 17.6 Å². The van der Waals surface area contributed by atoms with E-state index in [9.17, 15) is 19.6 Å². The molecule has 4 rings (SSSR count). The molecule has 6 nitrogen and oxygen atoms in total. The quantitative estimate of drug-likeness (QED) is 0.450. The molecule has 0 radical (unpaired) electrons. The van der Waals surface area contributed by atoms with Gasteiger partial charge in [0.05, 0.1) is 12.7 Å². The predicted molar refractivity (Wildman–Crippen MR) is 147 cm³/mol. The minimum absolute atomic E-state index is 0.138. The van der Waals surface area contributed by atoms with Crippen molar-refractivity contribution < 1.29 is 23.4 Å². The maximum atomic E-state index is 15.4. The average Bonchev–Trinajstić information content (AvgIpc) is 2.96. The van der Waals surface area contributed by atoms with E-state index in [-0.39, 0.29) is 28.7 Å². The number of benzene rings is 2. The zero-order valence-electron chi connectivity index (χ0n) is 23.0. The zero-order chi connectivity index (χ0) is 28.0. The first-order valence-corrected chi connectivity index (χ1v) is 14.1. The zero-order valence-corrected chi connectivity index (χ0v) is 23.0. The van der Waals surface area contributed by atoms with Crippen LogP contribution >= 0.6 is 0 Å². The van der Waals surface area contributed by atoms with Crippen molar-refractivity contribution in [1.82, 2.24) is 9.80 Å². The maximum Gasteiger partial charge on any atom is 0.253 e. The Bertz CT molecular complexity index is 1170. The van der Waals surface area contributed by atoms with Crippen LogP contribution in [0.3, 0.4) is 0 Å². The number of aliphatic hydroxyl groups is 1. The summed E-state index contributed by atoms with van der Waals surface area (Å²) in [5.41, 5.74) is 0.0149. The molecule has 2 heterocycles. The van der Waals surface area contributed by atoms with Crippen molar-refractivity contribution in [3.63, 3.8) is 0 Å². The Balaban J connectivity index is 1.37. The Morgan fingerprint density at radius 1 is 1.10 bits per heavy atom. The first-order chi connectivity index (χ1) is 18.8. The van der Waals surface area contributed by atoms with E-state index in [0.29, 0.717) is 56.6 Å². The summed E-state index contributed by atoms with van der Waals surface area (Å²) in [6.45, 7) is 7.14. The monoisotopic (exact) mass is 539 g/mol. The number of carbonyl (C=O) groups is 1. The second kappa shape index (κ2) is 12.9. The summed E-state index contributed by atoms with van der Waals surface area (Å²) in [5, 5.41) is 19.6. The molecule has 2 aromatic carbocycles. The van der Waals surface area contributed by atoms with Gasteiger partial charge in [0.15, 0.2) is 5.82 Å². The van der Waals surface area contributed by atoms with Gasteiger partial charge in [-0.3, -0.25) is 4.79 Å². The highest BCUT2D eigenvalue weighted by atomic mass is 19.1. The molecule has 2 saturated heterocycles. The lowest BCUT2D eigenvalue weighted by atomic mass is 9.94. The Labute approximate surface area is 230 Å². The molecule has 2 fully saturated rings. The van der Waals surface area contributed by atoms with Gasteiger partial charge in [-0.2, -0.15) is 5.26 Å². The minimum atomic E-state index is -1.14.